The number of pyridine rings is 3. The minimum Gasteiger partial charge on any atom is -0.359 e. The first kappa shape index (κ1) is 20.1. The van der Waals surface area contributed by atoms with Gasteiger partial charge in [0.25, 0.3) is 5.91 Å². The molecule has 8 heteroatoms. The van der Waals surface area contributed by atoms with Crippen LogP contribution in [0.4, 0.5) is 11.5 Å². The number of hydrogen-bond acceptors (Lipinski definition) is 6. The van der Waals surface area contributed by atoms with Gasteiger partial charge in [-0.05, 0) is 54.7 Å². The number of nitrogens with zero attached hydrogens (tertiary/aromatic N) is 5. The standard InChI is InChI=1S/C24H24N6O2/c31-22-15-28-23-21(30(22)16-20-3-1-2-8-26-20)13-19(14-27-23)24(32)29-11-6-18(7-12-29)17-4-9-25-10-5-17/h1-5,8-10,13-14,18H,6-7,11-12,15-16H2,(H,27,28). The van der Waals surface area contributed by atoms with Gasteiger partial charge >= 0.3 is 0 Å². The van der Waals surface area contributed by atoms with E-state index >= 15 is 0 Å². The molecule has 3 aromatic heterocycles. The van der Waals surface area contributed by atoms with Crippen molar-refractivity contribution in [2.75, 3.05) is 29.9 Å². The number of carbonyl (C=O) groups excluding carboxylic acids is 2. The average molecular weight is 428 g/mol. The molecule has 0 saturated carbocycles. The molecule has 32 heavy (non-hydrogen) atoms. The van der Waals surface area contributed by atoms with E-state index in [2.05, 4.69) is 32.4 Å². The maximum absolute atomic E-state index is 13.2. The Hall–Kier alpha value is -3.81. The molecule has 1 saturated heterocycles. The minimum absolute atomic E-state index is 0.0516. The molecule has 5 rings (SSSR count). The van der Waals surface area contributed by atoms with Gasteiger partial charge in [-0.25, -0.2) is 4.98 Å². The molecule has 0 spiro atoms. The Balaban J connectivity index is 1.33. The van der Waals surface area contributed by atoms with Crippen molar-refractivity contribution < 1.29 is 9.59 Å². The van der Waals surface area contributed by atoms with Crippen LogP contribution in [0.2, 0.25) is 0 Å². The first-order chi connectivity index (χ1) is 15.7. The van der Waals surface area contributed by atoms with E-state index < -0.39 is 0 Å². The topological polar surface area (TPSA) is 91.3 Å². The van der Waals surface area contributed by atoms with Crippen LogP contribution in [0.5, 0.6) is 0 Å². The Kier molecular flexibility index (Phi) is 5.49. The van der Waals surface area contributed by atoms with Gasteiger partial charge in [0, 0.05) is 37.9 Å². The van der Waals surface area contributed by atoms with Crippen LogP contribution in [-0.2, 0) is 11.3 Å². The summed E-state index contributed by atoms with van der Waals surface area (Å²) in [6, 6.07) is 11.5. The van der Waals surface area contributed by atoms with E-state index in [1.165, 1.54) is 5.56 Å². The van der Waals surface area contributed by atoms with E-state index in [0.29, 0.717) is 42.6 Å². The van der Waals surface area contributed by atoms with Crippen LogP contribution in [0.3, 0.4) is 0 Å². The predicted molar refractivity (Wildman–Crippen MR) is 120 cm³/mol. The summed E-state index contributed by atoms with van der Waals surface area (Å²) in [5.74, 6) is 0.921. The number of nitrogens with one attached hydrogen (secondary N) is 1. The summed E-state index contributed by atoms with van der Waals surface area (Å²) in [5.41, 5.74) is 3.17. The smallest absolute Gasteiger partial charge is 0.255 e. The van der Waals surface area contributed by atoms with E-state index in [-0.39, 0.29) is 18.4 Å². The number of aromatic nitrogens is 3. The van der Waals surface area contributed by atoms with Crippen molar-refractivity contribution in [2.24, 2.45) is 0 Å². The van der Waals surface area contributed by atoms with E-state index in [1.807, 2.05) is 35.5 Å². The van der Waals surface area contributed by atoms with Gasteiger partial charge in [-0.15, -0.1) is 0 Å². The summed E-state index contributed by atoms with van der Waals surface area (Å²) in [6.07, 6.45) is 8.77. The van der Waals surface area contributed by atoms with Gasteiger partial charge in [0.2, 0.25) is 5.91 Å². The van der Waals surface area contributed by atoms with E-state index in [4.69, 9.17) is 0 Å². The largest absolute Gasteiger partial charge is 0.359 e. The second-order valence-corrected chi connectivity index (χ2v) is 8.09. The highest BCUT2D eigenvalue weighted by Gasteiger charge is 2.29. The maximum atomic E-state index is 13.2. The first-order valence-electron chi connectivity index (χ1n) is 10.8. The molecule has 0 unspecified atom stereocenters. The number of piperidine rings is 1. The van der Waals surface area contributed by atoms with Crippen LogP contribution in [0.15, 0.2) is 61.2 Å². The summed E-state index contributed by atoms with van der Waals surface area (Å²) in [6.45, 7) is 1.89. The van der Waals surface area contributed by atoms with Gasteiger partial charge in [0.05, 0.1) is 30.0 Å². The van der Waals surface area contributed by atoms with Gasteiger partial charge in [-0.3, -0.25) is 19.6 Å². The molecule has 0 aromatic carbocycles. The second-order valence-electron chi connectivity index (χ2n) is 8.09. The molecule has 2 aliphatic heterocycles. The Labute approximate surface area is 186 Å². The molecule has 0 aliphatic carbocycles. The normalized spacial score (nSPS) is 16.4. The summed E-state index contributed by atoms with van der Waals surface area (Å²) in [7, 11) is 0. The quantitative estimate of drug-likeness (QED) is 0.687. The fourth-order valence-electron chi connectivity index (χ4n) is 4.36. The Morgan fingerprint density at radius 2 is 1.88 bits per heavy atom. The molecule has 2 aliphatic rings. The van der Waals surface area contributed by atoms with Crippen LogP contribution < -0.4 is 10.2 Å². The number of anilines is 2. The maximum Gasteiger partial charge on any atom is 0.255 e. The summed E-state index contributed by atoms with van der Waals surface area (Å²) >= 11 is 0. The number of hydrogen-bond donors (Lipinski definition) is 1. The zero-order valence-corrected chi connectivity index (χ0v) is 17.6. The van der Waals surface area contributed by atoms with Crippen molar-refractivity contribution in [3.63, 3.8) is 0 Å². The summed E-state index contributed by atoms with van der Waals surface area (Å²) in [5, 5.41) is 3.05. The van der Waals surface area contributed by atoms with Gasteiger partial charge in [0.1, 0.15) is 0 Å². The monoisotopic (exact) mass is 428 g/mol. The molecule has 1 N–H and O–H groups in total. The van der Waals surface area contributed by atoms with Crippen LogP contribution >= 0.6 is 0 Å². The number of carbonyl (C=O) groups is 2. The molecule has 0 atom stereocenters. The Morgan fingerprint density at radius 1 is 1.06 bits per heavy atom. The summed E-state index contributed by atoms with van der Waals surface area (Å²) < 4.78 is 0. The molecule has 3 aromatic rings. The van der Waals surface area contributed by atoms with E-state index in [9.17, 15) is 9.59 Å². The van der Waals surface area contributed by atoms with Crippen LogP contribution in [0.25, 0.3) is 0 Å². The molecule has 5 heterocycles. The lowest BCUT2D eigenvalue weighted by molar-refractivity contribution is -0.117. The molecule has 0 bridgehead atoms. The second kappa shape index (κ2) is 8.74. The number of fused-ring (bicyclic) bond motifs is 1. The fraction of sp³-hybridized carbons (Fsp3) is 0.292. The van der Waals surface area contributed by atoms with Gasteiger partial charge in [-0.2, -0.15) is 0 Å². The van der Waals surface area contributed by atoms with E-state index in [1.54, 1.807) is 23.4 Å². The van der Waals surface area contributed by atoms with Gasteiger partial charge in [-0.1, -0.05) is 6.07 Å². The highest BCUT2D eigenvalue weighted by Crippen LogP contribution is 2.31. The van der Waals surface area contributed by atoms with Crippen LogP contribution in [-0.4, -0.2) is 51.3 Å². The molecule has 2 amide bonds. The van der Waals surface area contributed by atoms with Crippen molar-refractivity contribution in [1.29, 1.82) is 0 Å². The van der Waals surface area contributed by atoms with Gasteiger partial charge in [0.15, 0.2) is 5.82 Å². The lowest BCUT2D eigenvalue weighted by Gasteiger charge is -2.33. The average Bonchev–Trinajstić information content (AvgIpc) is 2.86. The van der Waals surface area contributed by atoms with Crippen molar-refractivity contribution >= 4 is 23.3 Å². The molecular weight excluding hydrogens is 404 g/mol. The lowest BCUT2D eigenvalue weighted by Crippen LogP contribution is -2.41. The van der Waals surface area contributed by atoms with Crippen molar-refractivity contribution in [3.8, 4) is 0 Å². The number of amides is 2. The third-order valence-corrected chi connectivity index (χ3v) is 6.12. The van der Waals surface area contributed by atoms with Gasteiger partial charge < -0.3 is 15.1 Å². The molecule has 162 valence electrons. The molecule has 8 nitrogen and oxygen atoms in total. The Bertz CT molecular complexity index is 1110. The van der Waals surface area contributed by atoms with Crippen molar-refractivity contribution in [2.45, 2.75) is 25.3 Å². The zero-order valence-electron chi connectivity index (χ0n) is 17.6. The molecular formula is C24H24N6O2. The van der Waals surface area contributed by atoms with Crippen LogP contribution in [0.1, 0.15) is 40.4 Å². The van der Waals surface area contributed by atoms with Crippen LogP contribution in [0, 0.1) is 0 Å². The molecule has 0 radical (unpaired) electrons. The minimum atomic E-state index is -0.0762. The number of likely N-dealkylation sites (tertiary alicyclic amines) is 1. The third kappa shape index (κ3) is 4.03. The first-order valence-corrected chi connectivity index (χ1v) is 10.8. The van der Waals surface area contributed by atoms with Crippen molar-refractivity contribution in [1.82, 2.24) is 19.9 Å². The highest BCUT2D eigenvalue weighted by atomic mass is 16.2. The number of rotatable bonds is 4. The zero-order chi connectivity index (χ0) is 21.9. The fourth-order valence-corrected chi connectivity index (χ4v) is 4.36. The molecule has 1 fully saturated rings. The Morgan fingerprint density at radius 3 is 2.62 bits per heavy atom. The summed E-state index contributed by atoms with van der Waals surface area (Å²) in [4.78, 5) is 42.2. The highest BCUT2D eigenvalue weighted by molar-refractivity contribution is 6.04. The SMILES string of the molecule is O=C(c1cnc2c(c1)N(Cc1ccccn1)C(=O)CN2)N1CCC(c2ccncc2)CC1. The predicted octanol–water partition coefficient (Wildman–Crippen LogP) is 2.85. The lowest BCUT2D eigenvalue weighted by atomic mass is 9.90. The van der Waals surface area contributed by atoms with Crippen molar-refractivity contribution in [3.05, 3.63) is 78.0 Å². The third-order valence-electron chi connectivity index (χ3n) is 6.12. The van der Waals surface area contributed by atoms with E-state index in [0.717, 1.165) is 18.5 Å².